The first-order valence-electron chi connectivity index (χ1n) is 16.9. The van der Waals surface area contributed by atoms with Crippen LogP contribution in [0.5, 0.6) is 0 Å². The van der Waals surface area contributed by atoms with Gasteiger partial charge in [0.25, 0.3) is 11.8 Å². The highest BCUT2D eigenvalue weighted by Crippen LogP contribution is 2.70. The number of carbonyl (C=O) groups is 3. The van der Waals surface area contributed by atoms with Crippen molar-refractivity contribution in [2.75, 3.05) is 11.9 Å². The molecule has 11 heteroatoms. The Balaban J connectivity index is 1.12. The predicted octanol–water partition coefficient (Wildman–Crippen LogP) is 4.51. The van der Waals surface area contributed by atoms with Gasteiger partial charge in [0.15, 0.2) is 0 Å². The highest BCUT2D eigenvalue weighted by molar-refractivity contribution is 6.05. The van der Waals surface area contributed by atoms with E-state index >= 15 is 0 Å². The van der Waals surface area contributed by atoms with E-state index in [-0.39, 0.29) is 47.9 Å². The molecule has 0 spiro atoms. The van der Waals surface area contributed by atoms with Crippen LogP contribution in [-0.2, 0) is 9.53 Å². The van der Waals surface area contributed by atoms with Gasteiger partial charge < -0.3 is 25.4 Å². The lowest BCUT2D eigenvalue weighted by atomic mass is 9.41. The molecule has 5 aliphatic rings. The first kappa shape index (κ1) is 32.6. The van der Waals surface area contributed by atoms with Crippen molar-refractivity contribution in [3.05, 3.63) is 77.1 Å². The Kier molecular flexibility index (Phi) is 8.08. The fourth-order valence-electron chi connectivity index (χ4n) is 10.2. The lowest BCUT2D eigenvalue weighted by Crippen LogP contribution is -2.68. The SMILES string of the molecule is C[C@]12CC[C@H]3[C@@H](CC[C@]4(O)C[C@H](O)CC[C@]34/C=N/NC(=O)c3cccc(NC(=O)c4ccc(F)cc4)c3)[C@]1(O)CC[C@H]2C1=CC(=O)OC1. The second-order valence-electron chi connectivity index (χ2n) is 14.8. The van der Waals surface area contributed by atoms with Crippen LogP contribution in [0.1, 0.15) is 85.4 Å². The Morgan fingerprint density at radius 2 is 1.73 bits per heavy atom. The van der Waals surface area contributed by atoms with Crippen LogP contribution in [-0.4, -0.2) is 63.2 Å². The maximum atomic E-state index is 13.3. The minimum atomic E-state index is -1.26. The molecule has 10 nitrogen and oxygen atoms in total. The number of cyclic esters (lactones) is 1. The van der Waals surface area contributed by atoms with E-state index in [2.05, 4.69) is 22.8 Å². The number of aliphatic hydroxyl groups is 3. The van der Waals surface area contributed by atoms with Gasteiger partial charge in [-0.2, -0.15) is 5.10 Å². The molecule has 0 saturated heterocycles. The van der Waals surface area contributed by atoms with Gasteiger partial charge in [-0.25, -0.2) is 14.6 Å². The number of esters is 1. The van der Waals surface area contributed by atoms with Gasteiger partial charge in [-0.05, 0) is 117 Å². The van der Waals surface area contributed by atoms with E-state index in [1.54, 1.807) is 30.5 Å². The van der Waals surface area contributed by atoms with Crippen LogP contribution >= 0.6 is 0 Å². The molecule has 0 aromatic heterocycles. The largest absolute Gasteiger partial charge is 0.458 e. The number of hydrogen-bond acceptors (Lipinski definition) is 8. The molecular formula is C37H42FN3O7. The lowest BCUT2D eigenvalue weighted by molar-refractivity contribution is -0.237. The van der Waals surface area contributed by atoms with Crippen LogP contribution in [0.4, 0.5) is 10.1 Å². The van der Waals surface area contributed by atoms with Gasteiger partial charge in [0.05, 0.1) is 17.3 Å². The van der Waals surface area contributed by atoms with Crippen molar-refractivity contribution in [2.45, 2.75) is 82.0 Å². The summed E-state index contributed by atoms with van der Waals surface area (Å²) in [5, 5.41) is 42.6. The Morgan fingerprint density at radius 1 is 0.958 bits per heavy atom. The van der Waals surface area contributed by atoms with Crippen molar-refractivity contribution in [1.29, 1.82) is 0 Å². The van der Waals surface area contributed by atoms with Crippen molar-refractivity contribution in [3.63, 3.8) is 0 Å². The molecule has 254 valence electrons. The molecule has 4 saturated carbocycles. The quantitative estimate of drug-likeness (QED) is 0.174. The first-order valence-corrected chi connectivity index (χ1v) is 16.9. The Hall–Kier alpha value is -3.93. The van der Waals surface area contributed by atoms with E-state index in [0.29, 0.717) is 44.2 Å². The highest BCUT2D eigenvalue weighted by atomic mass is 19.1. The smallest absolute Gasteiger partial charge is 0.331 e. The summed E-state index contributed by atoms with van der Waals surface area (Å²) in [6, 6.07) is 11.5. The van der Waals surface area contributed by atoms with E-state index in [1.165, 1.54) is 30.3 Å². The molecule has 1 aliphatic heterocycles. The zero-order chi connectivity index (χ0) is 33.9. The third-order valence-electron chi connectivity index (χ3n) is 12.6. The Morgan fingerprint density at radius 3 is 2.48 bits per heavy atom. The molecule has 48 heavy (non-hydrogen) atoms. The molecule has 2 aromatic carbocycles. The summed E-state index contributed by atoms with van der Waals surface area (Å²) >= 11 is 0. The summed E-state index contributed by atoms with van der Waals surface area (Å²) in [6.45, 7) is 2.40. The summed E-state index contributed by atoms with van der Waals surface area (Å²) in [5.74, 6) is -1.99. The van der Waals surface area contributed by atoms with Crippen molar-refractivity contribution in [3.8, 4) is 0 Å². The van der Waals surface area contributed by atoms with Crippen LogP contribution in [0.25, 0.3) is 0 Å². The molecule has 0 bridgehead atoms. The average Bonchev–Trinajstić information content (AvgIpc) is 3.60. The average molecular weight is 660 g/mol. The van der Waals surface area contributed by atoms with Gasteiger partial charge in [-0.3, -0.25) is 9.59 Å². The summed E-state index contributed by atoms with van der Waals surface area (Å²) < 4.78 is 18.5. The second kappa shape index (κ2) is 11.9. The highest BCUT2D eigenvalue weighted by Gasteiger charge is 2.71. The van der Waals surface area contributed by atoms with E-state index in [4.69, 9.17) is 4.74 Å². The van der Waals surface area contributed by atoms with Crippen LogP contribution in [0, 0.1) is 34.4 Å². The summed E-state index contributed by atoms with van der Waals surface area (Å²) in [7, 11) is 0. The number of benzene rings is 2. The number of hydrazone groups is 1. The number of nitrogens with zero attached hydrogens (tertiary/aromatic N) is 1. The van der Waals surface area contributed by atoms with Crippen LogP contribution in [0.3, 0.4) is 0 Å². The van der Waals surface area contributed by atoms with Crippen LogP contribution < -0.4 is 10.7 Å². The molecular weight excluding hydrogens is 617 g/mol. The van der Waals surface area contributed by atoms with E-state index < -0.39 is 45.8 Å². The topological polar surface area (TPSA) is 158 Å². The predicted molar refractivity (Wildman–Crippen MR) is 174 cm³/mol. The molecule has 5 N–H and O–H groups in total. The minimum absolute atomic E-state index is 0.0315. The fourth-order valence-corrected chi connectivity index (χ4v) is 10.2. The van der Waals surface area contributed by atoms with E-state index in [1.807, 2.05) is 0 Å². The third-order valence-corrected chi connectivity index (χ3v) is 12.6. The lowest BCUT2D eigenvalue weighted by Gasteiger charge is -2.65. The van der Waals surface area contributed by atoms with Gasteiger partial charge in [0.2, 0.25) is 0 Å². The van der Waals surface area contributed by atoms with Gasteiger partial charge in [0, 0.05) is 46.4 Å². The summed E-state index contributed by atoms with van der Waals surface area (Å²) in [6.07, 6.45) is 7.43. The molecule has 4 aliphatic carbocycles. The van der Waals surface area contributed by atoms with Gasteiger partial charge in [-0.1, -0.05) is 13.0 Å². The maximum Gasteiger partial charge on any atom is 0.331 e. The van der Waals surface area contributed by atoms with Crippen LogP contribution in [0.15, 0.2) is 65.3 Å². The molecule has 8 atom stereocenters. The third kappa shape index (κ3) is 5.18. The number of anilines is 1. The molecule has 2 aromatic rings. The number of rotatable bonds is 6. The normalized spacial score (nSPS) is 37.2. The fraction of sp³-hybridized carbons (Fsp3) is 0.514. The number of fused-ring (bicyclic) bond motifs is 5. The number of halogens is 1. The number of amides is 2. The first-order chi connectivity index (χ1) is 22.9. The zero-order valence-electron chi connectivity index (χ0n) is 27.0. The van der Waals surface area contributed by atoms with E-state index in [9.17, 15) is 34.1 Å². The Labute approximate surface area is 278 Å². The van der Waals surface area contributed by atoms with Gasteiger partial charge in [0.1, 0.15) is 12.4 Å². The number of carbonyl (C=O) groups excluding carboxylic acids is 3. The van der Waals surface area contributed by atoms with Crippen molar-refractivity contribution >= 4 is 29.7 Å². The number of hydrogen-bond donors (Lipinski definition) is 5. The van der Waals surface area contributed by atoms with Crippen molar-refractivity contribution in [1.82, 2.24) is 5.43 Å². The Bertz CT molecular complexity index is 1700. The molecule has 7 rings (SSSR count). The molecule has 1 heterocycles. The second-order valence-corrected chi connectivity index (χ2v) is 14.8. The molecule has 0 unspecified atom stereocenters. The number of aliphatic hydroxyl groups excluding tert-OH is 1. The van der Waals surface area contributed by atoms with Crippen LogP contribution in [0.2, 0.25) is 0 Å². The van der Waals surface area contributed by atoms with E-state index in [0.717, 1.165) is 18.4 Å². The van der Waals surface area contributed by atoms with Crippen molar-refractivity contribution < 1.29 is 38.8 Å². The molecule has 0 radical (unpaired) electrons. The number of ether oxygens (including phenoxy) is 1. The summed E-state index contributed by atoms with van der Waals surface area (Å²) in [5.41, 5.74) is 0.839. The maximum absolute atomic E-state index is 13.3. The monoisotopic (exact) mass is 659 g/mol. The summed E-state index contributed by atoms with van der Waals surface area (Å²) in [4.78, 5) is 37.8. The minimum Gasteiger partial charge on any atom is -0.458 e. The number of nitrogens with one attached hydrogen (secondary N) is 2. The standard InChI is InChI=1S/C37H42FN3O7/c1-34-13-10-29-30(37(34,47)16-12-28(34)24-18-31(43)48-20-24)11-15-36(46)19-27(42)9-14-35(29,36)21-39-41-33(45)23-3-2-4-26(17-23)40-32(44)22-5-7-25(38)8-6-22/h2-8,17-18,21,27-30,42,46-47H,9-16,19-20H2,1H3,(H,40,44)(H,41,45)/b39-21+/t27-,28+,29+,30-,34-,35+,36+,37-/m1/s1. The zero-order valence-corrected chi connectivity index (χ0v) is 27.0. The van der Waals surface area contributed by atoms with Crippen molar-refractivity contribution in [2.24, 2.45) is 33.7 Å². The molecule has 4 fully saturated rings. The van der Waals surface area contributed by atoms with Gasteiger partial charge >= 0.3 is 5.97 Å². The molecule has 2 amide bonds. The van der Waals surface area contributed by atoms with Gasteiger partial charge in [-0.15, -0.1) is 0 Å².